The van der Waals surface area contributed by atoms with Gasteiger partial charge in [0.1, 0.15) is 0 Å². The van der Waals surface area contributed by atoms with Gasteiger partial charge in [0, 0.05) is 0 Å². The fraction of sp³-hybridized carbons (Fsp3) is 0.789. The first kappa shape index (κ1) is 15.1. The molecule has 0 saturated heterocycles. The molecule has 0 aliphatic heterocycles. The fourth-order valence-electron chi connectivity index (χ4n) is 4.14. The second kappa shape index (κ2) is 8.12. The minimum atomic E-state index is 0.982. The molecule has 19 heavy (non-hydrogen) atoms. The minimum absolute atomic E-state index is 0.982. The third kappa shape index (κ3) is 4.65. The molecule has 0 aromatic rings. The highest BCUT2D eigenvalue weighted by Gasteiger charge is 2.30. The SMILES string of the molecule is C=CCC[C]1CCC([C]2CCC(CCC)CC2)CC1. The summed E-state index contributed by atoms with van der Waals surface area (Å²) in [5.74, 6) is 5.79. The summed E-state index contributed by atoms with van der Waals surface area (Å²) in [4.78, 5) is 0. The number of hydrogen-bond acceptors (Lipinski definition) is 0. The highest BCUT2D eigenvalue weighted by atomic mass is 14.4. The summed E-state index contributed by atoms with van der Waals surface area (Å²) in [6, 6.07) is 0. The van der Waals surface area contributed by atoms with Crippen LogP contribution in [0.3, 0.4) is 0 Å². The van der Waals surface area contributed by atoms with Gasteiger partial charge in [-0.25, -0.2) is 0 Å². The van der Waals surface area contributed by atoms with E-state index in [-0.39, 0.29) is 0 Å². The summed E-state index contributed by atoms with van der Waals surface area (Å²) in [5, 5.41) is 0. The Labute approximate surface area is 121 Å². The molecule has 0 aromatic heterocycles. The van der Waals surface area contributed by atoms with Gasteiger partial charge in [-0.2, -0.15) is 0 Å². The summed E-state index contributed by atoms with van der Waals surface area (Å²) in [5.41, 5.74) is 0. The zero-order chi connectivity index (χ0) is 13.5. The van der Waals surface area contributed by atoms with Gasteiger partial charge in [0.2, 0.25) is 0 Å². The average molecular weight is 260 g/mol. The van der Waals surface area contributed by atoms with Gasteiger partial charge in [-0.1, -0.05) is 25.8 Å². The summed E-state index contributed by atoms with van der Waals surface area (Å²) in [6.45, 7) is 6.17. The molecule has 2 radical (unpaired) electrons. The predicted octanol–water partition coefficient (Wildman–Crippen LogP) is 6.28. The van der Waals surface area contributed by atoms with Gasteiger partial charge < -0.3 is 0 Å². The van der Waals surface area contributed by atoms with Crippen molar-refractivity contribution in [2.24, 2.45) is 11.8 Å². The smallest absolute Gasteiger partial charge is 0.0210 e. The van der Waals surface area contributed by atoms with Crippen molar-refractivity contribution in [3.63, 3.8) is 0 Å². The van der Waals surface area contributed by atoms with E-state index in [1.54, 1.807) is 0 Å². The van der Waals surface area contributed by atoms with Crippen LogP contribution in [0.1, 0.15) is 84.0 Å². The molecular formula is C19H32. The maximum Gasteiger partial charge on any atom is -0.0210 e. The van der Waals surface area contributed by atoms with Crippen LogP contribution in [0.15, 0.2) is 12.7 Å². The normalized spacial score (nSPS) is 24.7. The lowest BCUT2D eigenvalue weighted by Gasteiger charge is -2.37. The molecule has 2 aliphatic carbocycles. The zero-order valence-electron chi connectivity index (χ0n) is 12.9. The molecule has 0 spiro atoms. The van der Waals surface area contributed by atoms with Crippen LogP contribution >= 0.6 is 0 Å². The lowest BCUT2D eigenvalue weighted by atomic mass is 9.68. The van der Waals surface area contributed by atoms with Crippen molar-refractivity contribution in [1.82, 2.24) is 0 Å². The highest BCUT2D eigenvalue weighted by molar-refractivity contribution is 5.06. The lowest BCUT2D eigenvalue weighted by Crippen LogP contribution is -2.23. The molecule has 2 aliphatic rings. The van der Waals surface area contributed by atoms with Gasteiger partial charge in [-0.3, -0.25) is 0 Å². The van der Waals surface area contributed by atoms with Crippen LogP contribution in [0.4, 0.5) is 0 Å². The van der Waals surface area contributed by atoms with Crippen molar-refractivity contribution >= 4 is 0 Å². The monoisotopic (exact) mass is 260 g/mol. The molecule has 0 bridgehead atoms. The topological polar surface area (TPSA) is 0 Å². The van der Waals surface area contributed by atoms with Crippen LogP contribution in [0, 0.1) is 23.7 Å². The van der Waals surface area contributed by atoms with E-state index in [1.165, 1.54) is 77.0 Å². The van der Waals surface area contributed by atoms with Crippen molar-refractivity contribution in [3.05, 3.63) is 24.5 Å². The van der Waals surface area contributed by atoms with Gasteiger partial charge >= 0.3 is 0 Å². The van der Waals surface area contributed by atoms with Crippen LogP contribution in [0.25, 0.3) is 0 Å². The third-order valence-electron chi connectivity index (χ3n) is 5.42. The van der Waals surface area contributed by atoms with Crippen molar-refractivity contribution in [2.45, 2.75) is 84.0 Å². The van der Waals surface area contributed by atoms with Crippen molar-refractivity contribution in [2.75, 3.05) is 0 Å². The Kier molecular flexibility index (Phi) is 6.47. The fourth-order valence-corrected chi connectivity index (χ4v) is 4.14. The Bertz CT molecular complexity index is 239. The first-order valence-corrected chi connectivity index (χ1v) is 8.62. The molecule has 0 heteroatoms. The van der Waals surface area contributed by atoms with E-state index < -0.39 is 0 Å². The minimum Gasteiger partial charge on any atom is -0.103 e. The molecule has 0 atom stereocenters. The van der Waals surface area contributed by atoms with E-state index in [4.69, 9.17) is 0 Å². The van der Waals surface area contributed by atoms with Gasteiger partial charge in [-0.05, 0) is 87.9 Å². The summed E-state index contributed by atoms with van der Waals surface area (Å²) in [6.07, 6.45) is 19.0. The van der Waals surface area contributed by atoms with E-state index >= 15 is 0 Å². The molecule has 0 N–H and O–H groups in total. The largest absolute Gasteiger partial charge is 0.103 e. The van der Waals surface area contributed by atoms with E-state index in [0.717, 1.165) is 11.8 Å². The van der Waals surface area contributed by atoms with E-state index in [2.05, 4.69) is 19.6 Å². The van der Waals surface area contributed by atoms with E-state index in [1.807, 2.05) is 11.8 Å². The molecule has 2 saturated carbocycles. The Morgan fingerprint density at radius 2 is 1.74 bits per heavy atom. The van der Waals surface area contributed by atoms with Gasteiger partial charge in [0.15, 0.2) is 0 Å². The van der Waals surface area contributed by atoms with Crippen LogP contribution in [-0.2, 0) is 0 Å². The third-order valence-corrected chi connectivity index (χ3v) is 5.42. The van der Waals surface area contributed by atoms with Gasteiger partial charge in [-0.15, -0.1) is 6.58 Å². The molecule has 0 unspecified atom stereocenters. The number of allylic oxidation sites excluding steroid dienone is 1. The Morgan fingerprint density at radius 3 is 2.32 bits per heavy atom. The standard InChI is InChI=1S/C19H32/c1-3-5-7-17-10-14-19(15-11-17)18-12-8-16(6-4-2)9-13-18/h3,16,19H,1,4-15H2,2H3. The molecular weight excluding hydrogens is 228 g/mol. The number of rotatable bonds is 6. The molecule has 0 nitrogen and oxygen atoms in total. The van der Waals surface area contributed by atoms with Crippen LogP contribution < -0.4 is 0 Å². The van der Waals surface area contributed by atoms with Crippen LogP contribution in [-0.4, -0.2) is 0 Å². The second-order valence-corrected chi connectivity index (χ2v) is 6.74. The van der Waals surface area contributed by atoms with E-state index in [0.29, 0.717) is 0 Å². The Hall–Kier alpha value is -0.260. The molecule has 2 rings (SSSR count). The summed E-state index contributed by atoms with van der Waals surface area (Å²) in [7, 11) is 0. The summed E-state index contributed by atoms with van der Waals surface area (Å²) >= 11 is 0. The van der Waals surface area contributed by atoms with Crippen molar-refractivity contribution in [3.8, 4) is 0 Å². The molecule has 2 fully saturated rings. The number of hydrogen-bond donors (Lipinski definition) is 0. The van der Waals surface area contributed by atoms with Gasteiger partial charge in [0.25, 0.3) is 0 Å². The molecule has 0 amide bonds. The first-order chi connectivity index (χ1) is 9.33. The molecule has 0 aromatic carbocycles. The van der Waals surface area contributed by atoms with E-state index in [9.17, 15) is 0 Å². The lowest BCUT2D eigenvalue weighted by molar-refractivity contribution is 0.282. The Balaban J connectivity index is 1.66. The van der Waals surface area contributed by atoms with Crippen molar-refractivity contribution in [1.29, 1.82) is 0 Å². The molecule has 0 heterocycles. The highest BCUT2D eigenvalue weighted by Crippen LogP contribution is 2.44. The van der Waals surface area contributed by atoms with Crippen molar-refractivity contribution < 1.29 is 0 Å². The second-order valence-electron chi connectivity index (χ2n) is 6.74. The maximum absolute atomic E-state index is 3.84. The average Bonchev–Trinajstić information content (AvgIpc) is 2.47. The van der Waals surface area contributed by atoms with Crippen LogP contribution in [0.5, 0.6) is 0 Å². The summed E-state index contributed by atoms with van der Waals surface area (Å²) < 4.78 is 0. The molecule has 108 valence electrons. The van der Waals surface area contributed by atoms with Crippen LogP contribution in [0.2, 0.25) is 0 Å². The Morgan fingerprint density at radius 1 is 1.05 bits per heavy atom. The first-order valence-electron chi connectivity index (χ1n) is 8.62. The zero-order valence-corrected chi connectivity index (χ0v) is 12.9. The quantitative estimate of drug-likeness (QED) is 0.493. The maximum atomic E-state index is 3.84. The predicted molar refractivity (Wildman–Crippen MR) is 84.7 cm³/mol. The van der Waals surface area contributed by atoms with Gasteiger partial charge in [0.05, 0.1) is 0 Å².